The molecule has 3 aromatic rings. The number of nitrogens with zero attached hydrogens (tertiary/aromatic N) is 1. The molecule has 0 aromatic heterocycles. The Morgan fingerprint density at radius 2 is 1.59 bits per heavy atom. The molecular formula is C24H17Cl2FN2O2S. The minimum atomic E-state index is -0.633. The second-order valence-electron chi connectivity index (χ2n) is 7.23. The van der Waals surface area contributed by atoms with Crippen LogP contribution in [0.5, 0.6) is 0 Å². The first-order chi connectivity index (χ1) is 15.2. The average Bonchev–Trinajstić information content (AvgIpc) is 2.98. The first kappa shape index (κ1) is 22.4. The van der Waals surface area contributed by atoms with E-state index in [1.165, 1.54) is 12.1 Å². The van der Waals surface area contributed by atoms with Crippen LogP contribution in [-0.2, 0) is 9.59 Å². The molecule has 1 aliphatic rings. The number of imide groups is 1. The lowest BCUT2D eigenvalue weighted by atomic mass is 10.1. The Balaban J connectivity index is 1.76. The van der Waals surface area contributed by atoms with Crippen LogP contribution < -0.4 is 10.2 Å². The SMILES string of the molecule is Cc1ccc(NC2=C(Sc3ccc(Cl)cc3)C(=O)N(c3ccc(F)c(Cl)c3)C2=O)cc1C. The molecule has 0 saturated carbocycles. The van der Waals surface area contributed by atoms with Gasteiger partial charge >= 0.3 is 0 Å². The van der Waals surface area contributed by atoms with E-state index in [2.05, 4.69) is 5.32 Å². The lowest BCUT2D eigenvalue weighted by Crippen LogP contribution is -2.32. The maximum Gasteiger partial charge on any atom is 0.283 e. The zero-order chi connectivity index (χ0) is 23.0. The fourth-order valence-electron chi connectivity index (χ4n) is 3.16. The smallest absolute Gasteiger partial charge is 0.283 e. The van der Waals surface area contributed by atoms with Gasteiger partial charge in [-0.2, -0.15) is 0 Å². The number of amides is 2. The molecule has 32 heavy (non-hydrogen) atoms. The molecule has 0 radical (unpaired) electrons. The first-order valence-corrected chi connectivity index (χ1v) is 11.2. The predicted molar refractivity (Wildman–Crippen MR) is 128 cm³/mol. The third kappa shape index (κ3) is 4.39. The number of hydrogen-bond acceptors (Lipinski definition) is 4. The Labute approximate surface area is 199 Å². The van der Waals surface area contributed by atoms with E-state index < -0.39 is 17.6 Å². The maximum atomic E-state index is 13.7. The number of hydrogen-bond donors (Lipinski definition) is 1. The summed E-state index contributed by atoms with van der Waals surface area (Å²) in [5, 5.41) is 3.50. The van der Waals surface area contributed by atoms with Crippen molar-refractivity contribution in [3.05, 3.63) is 98.3 Å². The number of carbonyl (C=O) groups is 2. The number of anilines is 2. The summed E-state index contributed by atoms with van der Waals surface area (Å²) in [6.07, 6.45) is 0. The monoisotopic (exact) mass is 486 g/mol. The summed E-state index contributed by atoms with van der Waals surface area (Å²) in [7, 11) is 0. The summed E-state index contributed by atoms with van der Waals surface area (Å²) >= 11 is 13.0. The third-order valence-corrected chi connectivity index (χ3v) is 6.64. The van der Waals surface area contributed by atoms with E-state index in [1.807, 2.05) is 32.0 Å². The number of carbonyl (C=O) groups excluding carboxylic acids is 2. The Hall–Kier alpha value is -2.80. The second-order valence-corrected chi connectivity index (χ2v) is 9.16. The second kappa shape index (κ2) is 8.98. The third-order valence-electron chi connectivity index (χ3n) is 5.01. The van der Waals surface area contributed by atoms with Gasteiger partial charge in [-0.15, -0.1) is 0 Å². The van der Waals surface area contributed by atoms with E-state index in [-0.39, 0.29) is 21.3 Å². The molecule has 4 rings (SSSR count). The van der Waals surface area contributed by atoms with Gasteiger partial charge in [-0.25, -0.2) is 9.29 Å². The zero-order valence-electron chi connectivity index (χ0n) is 17.1. The fourth-order valence-corrected chi connectivity index (χ4v) is 4.38. The highest BCUT2D eigenvalue weighted by molar-refractivity contribution is 8.04. The van der Waals surface area contributed by atoms with E-state index in [1.54, 1.807) is 24.3 Å². The van der Waals surface area contributed by atoms with Crippen LogP contribution in [0.3, 0.4) is 0 Å². The summed E-state index contributed by atoms with van der Waals surface area (Å²) in [6.45, 7) is 3.96. The van der Waals surface area contributed by atoms with Gasteiger partial charge in [0.05, 0.1) is 10.7 Å². The summed E-state index contributed by atoms with van der Waals surface area (Å²) in [5.41, 5.74) is 3.16. The maximum absolute atomic E-state index is 13.7. The topological polar surface area (TPSA) is 49.4 Å². The number of aryl methyl sites for hydroxylation is 2. The Morgan fingerprint density at radius 3 is 2.25 bits per heavy atom. The quantitative estimate of drug-likeness (QED) is 0.405. The van der Waals surface area contributed by atoms with Gasteiger partial charge in [0.1, 0.15) is 16.4 Å². The number of nitrogens with one attached hydrogen (secondary N) is 1. The Kier molecular flexibility index (Phi) is 6.29. The first-order valence-electron chi connectivity index (χ1n) is 9.60. The molecule has 8 heteroatoms. The van der Waals surface area contributed by atoms with Gasteiger partial charge in [-0.3, -0.25) is 9.59 Å². The molecule has 0 fully saturated rings. The van der Waals surface area contributed by atoms with Crippen molar-refractivity contribution in [1.29, 1.82) is 0 Å². The molecule has 4 nitrogen and oxygen atoms in total. The van der Waals surface area contributed by atoms with Gasteiger partial charge < -0.3 is 5.32 Å². The number of benzene rings is 3. The van der Waals surface area contributed by atoms with Crippen molar-refractivity contribution in [3.63, 3.8) is 0 Å². The van der Waals surface area contributed by atoms with Crippen LogP contribution in [0, 0.1) is 19.7 Å². The molecule has 0 atom stereocenters. The van der Waals surface area contributed by atoms with Crippen molar-refractivity contribution in [3.8, 4) is 0 Å². The van der Waals surface area contributed by atoms with Crippen LogP contribution in [-0.4, -0.2) is 11.8 Å². The lowest BCUT2D eigenvalue weighted by Gasteiger charge is -2.16. The molecular weight excluding hydrogens is 470 g/mol. The van der Waals surface area contributed by atoms with Crippen LogP contribution in [0.2, 0.25) is 10.0 Å². The molecule has 0 unspecified atom stereocenters. The molecule has 0 aliphatic carbocycles. The van der Waals surface area contributed by atoms with Crippen molar-refractivity contribution in [1.82, 2.24) is 0 Å². The molecule has 0 spiro atoms. The lowest BCUT2D eigenvalue weighted by molar-refractivity contribution is -0.120. The minimum absolute atomic E-state index is 0.138. The van der Waals surface area contributed by atoms with Crippen molar-refractivity contribution in [2.75, 3.05) is 10.2 Å². The molecule has 3 aromatic carbocycles. The van der Waals surface area contributed by atoms with Gasteiger partial charge in [0.25, 0.3) is 11.8 Å². The van der Waals surface area contributed by atoms with Crippen molar-refractivity contribution >= 4 is 58.2 Å². The highest BCUT2D eigenvalue weighted by Crippen LogP contribution is 2.39. The number of thioether (sulfide) groups is 1. The molecule has 1 heterocycles. The molecule has 1 N–H and O–H groups in total. The summed E-state index contributed by atoms with van der Waals surface area (Å²) in [5.74, 6) is -1.71. The van der Waals surface area contributed by atoms with Gasteiger partial charge in [0, 0.05) is 15.6 Å². The largest absolute Gasteiger partial charge is 0.350 e. The Bertz CT molecular complexity index is 1280. The molecule has 0 bridgehead atoms. The zero-order valence-corrected chi connectivity index (χ0v) is 19.4. The Morgan fingerprint density at radius 1 is 0.875 bits per heavy atom. The minimum Gasteiger partial charge on any atom is -0.350 e. The van der Waals surface area contributed by atoms with Crippen LogP contribution in [0.1, 0.15) is 11.1 Å². The van der Waals surface area contributed by atoms with E-state index >= 15 is 0 Å². The van der Waals surface area contributed by atoms with Gasteiger partial charge in [0.15, 0.2) is 0 Å². The van der Waals surface area contributed by atoms with E-state index in [0.717, 1.165) is 38.8 Å². The molecule has 0 saturated heterocycles. The van der Waals surface area contributed by atoms with Crippen LogP contribution >= 0.6 is 35.0 Å². The van der Waals surface area contributed by atoms with Crippen LogP contribution in [0.4, 0.5) is 15.8 Å². The van der Waals surface area contributed by atoms with E-state index in [9.17, 15) is 14.0 Å². The van der Waals surface area contributed by atoms with E-state index in [4.69, 9.17) is 23.2 Å². The summed E-state index contributed by atoms with van der Waals surface area (Å²) < 4.78 is 13.7. The van der Waals surface area contributed by atoms with Crippen LogP contribution in [0.15, 0.2) is 76.2 Å². The van der Waals surface area contributed by atoms with Gasteiger partial charge in [0.2, 0.25) is 0 Å². The van der Waals surface area contributed by atoms with Crippen molar-refractivity contribution in [2.45, 2.75) is 18.7 Å². The van der Waals surface area contributed by atoms with Crippen LogP contribution in [0.25, 0.3) is 0 Å². The highest BCUT2D eigenvalue weighted by Gasteiger charge is 2.40. The average molecular weight is 487 g/mol. The van der Waals surface area contributed by atoms with Crippen molar-refractivity contribution < 1.29 is 14.0 Å². The van der Waals surface area contributed by atoms with E-state index in [0.29, 0.717) is 10.7 Å². The predicted octanol–water partition coefficient (Wildman–Crippen LogP) is 6.74. The summed E-state index contributed by atoms with van der Waals surface area (Å²) in [4.78, 5) is 28.6. The molecule has 1 aliphatic heterocycles. The van der Waals surface area contributed by atoms with Gasteiger partial charge in [-0.1, -0.05) is 41.0 Å². The number of rotatable bonds is 5. The summed E-state index contributed by atoms with van der Waals surface area (Å²) in [6, 6.07) is 16.4. The molecule has 162 valence electrons. The van der Waals surface area contributed by atoms with Gasteiger partial charge in [-0.05, 0) is 79.6 Å². The number of halogens is 3. The molecule has 2 amide bonds. The fraction of sp³-hybridized carbons (Fsp3) is 0.0833. The highest BCUT2D eigenvalue weighted by atomic mass is 35.5. The normalized spacial score (nSPS) is 13.8. The van der Waals surface area contributed by atoms with Crippen molar-refractivity contribution in [2.24, 2.45) is 0 Å². The standard InChI is InChI=1S/C24H17Cl2FN2O2S/c1-13-3-6-16(11-14(13)2)28-21-22(32-18-8-4-15(25)5-9-18)24(31)29(23(21)30)17-7-10-20(27)19(26)12-17/h3-12,28H,1-2H3.